The summed E-state index contributed by atoms with van der Waals surface area (Å²) in [7, 11) is 0. The second-order valence-corrected chi connectivity index (χ2v) is 6.57. The van der Waals surface area contributed by atoms with Crippen molar-refractivity contribution in [3.8, 4) is 0 Å². The standard InChI is InChI=1S/C14H24N2S/c1-4-7-15-9-14-16-12-6-5-11(10(2)3)8-13(12)17-14/h10-11,15H,4-9H2,1-3H3. The normalized spacial score (nSPS) is 19.6. The molecule has 2 nitrogen and oxygen atoms in total. The van der Waals surface area contributed by atoms with Gasteiger partial charge in [0.1, 0.15) is 5.01 Å². The van der Waals surface area contributed by atoms with Gasteiger partial charge in [-0.05, 0) is 44.1 Å². The van der Waals surface area contributed by atoms with Crippen molar-refractivity contribution in [1.29, 1.82) is 0 Å². The monoisotopic (exact) mass is 252 g/mol. The molecule has 1 aromatic heterocycles. The SMILES string of the molecule is CCCNCc1nc2c(s1)CC(C(C)C)CC2. The van der Waals surface area contributed by atoms with Crippen LogP contribution in [-0.2, 0) is 19.4 Å². The van der Waals surface area contributed by atoms with Crippen molar-refractivity contribution < 1.29 is 0 Å². The molecule has 0 saturated heterocycles. The lowest BCUT2D eigenvalue weighted by Gasteiger charge is -2.24. The largest absolute Gasteiger partial charge is 0.310 e. The predicted octanol–water partition coefficient (Wildman–Crippen LogP) is 3.40. The third-order valence-electron chi connectivity index (χ3n) is 3.67. The lowest BCUT2D eigenvalue weighted by molar-refractivity contribution is 0.344. The van der Waals surface area contributed by atoms with Crippen molar-refractivity contribution >= 4 is 11.3 Å². The average molecular weight is 252 g/mol. The van der Waals surface area contributed by atoms with Crippen LogP contribution >= 0.6 is 11.3 Å². The number of thiazole rings is 1. The molecule has 0 bridgehead atoms. The molecule has 0 aromatic carbocycles. The molecular weight excluding hydrogens is 228 g/mol. The van der Waals surface area contributed by atoms with Gasteiger partial charge in [0.2, 0.25) is 0 Å². The number of fused-ring (bicyclic) bond motifs is 1. The van der Waals surface area contributed by atoms with Gasteiger partial charge in [-0.2, -0.15) is 0 Å². The summed E-state index contributed by atoms with van der Waals surface area (Å²) in [5.74, 6) is 1.69. The van der Waals surface area contributed by atoms with E-state index in [0.717, 1.165) is 24.9 Å². The molecule has 17 heavy (non-hydrogen) atoms. The Balaban J connectivity index is 1.97. The Morgan fingerprint density at radius 1 is 1.47 bits per heavy atom. The fourth-order valence-corrected chi connectivity index (χ4v) is 3.65. The van der Waals surface area contributed by atoms with E-state index in [1.807, 2.05) is 11.3 Å². The molecule has 1 aromatic rings. The van der Waals surface area contributed by atoms with E-state index in [-0.39, 0.29) is 0 Å². The molecule has 1 unspecified atom stereocenters. The van der Waals surface area contributed by atoms with Gasteiger partial charge in [0.05, 0.1) is 5.69 Å². The summed E-state index contributed by atoms with van der Waals surface area (Å²) < 4.78 is 0. The van der Waals surface area contributed by atoms with Gasteiger partial charge in [0.15, 0.2) is 0 Å². The van der Waals surface area contributed by atoms with Crippen LogP contribution in [0.5, 0.6) is 0 Å². The fourth-order valence-electron chi connectivity index (χ4n) is 2.47. The molecule has 1 heterocycles. The average Bonchev–Trinajstić information content (AvgIpc) is 2.70. The van der Waals surface area contributed by atoms with Crippen molar-refractivity contribution in [2.45, 2.75) is 53.0 Å². The van der Waals surface area contributed by atoms with E-state index in [9.17, 15) is 0 Å². The summed E-state index contributed by atoms with van der Waals surface area (Å²) in [4.78, 5) is 6.33. The van der Waals surface area contributed by atoms with Crippen molar-refractivity contribution in [2.24, 2.45) is 11.8 Å². The molecule has 0 amide bonds. The minimum absolute atomic E-state index is 0.812. The molecule has 2 rings (SSSR count). The third kappa shape index (κ3) is 3.29. The summed E-state index contributed by atoms with van der Waals surface area (Å²) in [6.07, 6.45) is 4.98. The fraction of sp³-hybridized carbons (Fsp3) is 0.786. The van der Waals surface area contributed by atoms with Gasteiger partial charge in [0, 0.05) is 11.4 Å². The summed E-state index contributed by atoms with van der Waals surface area (Å²) in [6.45, 7) is 8.95. The van der Waals surface area contributed by atoms with Gasteiger partial charge in [-0.15, -0.1) is 11.3 Å². The molecule has 0 spiro atoms. The Kier molecular flexibility index (Phi) is 4.57. The summed E-state index contributed by atoms with van der Waals surface area (Å²) in [6, 6.07) is 0. The van der Waals surface area contributed by atoms with Crippen LogP contribution in [0.4, 0.5) is 0 Å². The van der Waals surface area contributed by atoms with Crippen LogP contribution < -0.4 is 5.32 Å². The highest BCUT2D eigenvalue weighted by molar-refractivity contribution is 7.11. The zero-order chi connectivity index (χ0) is 12.3. The predicted molar refractivity (Wildman–Crippen MR) is 74.5 cm³/mol. The number of rotatable bonds is 5. The lowest BCUT2D eigenvalue weighted by Crippen LogP contribution is -2.17. The van der Waals surface area contributed by atoms with Crippen LogP contribution in [0.25, 0.3) is 0 Å². The quantitative estimate of drug-likeness (QED) is 0.812. The summed E-state index contributed by atoms with van der Waals surface area (Å²) in [5.41, 5.74) is 1.39. The maximum absolute atomic E-state index is 4.77. The van der Waals surface area contributed by atoms with E-state index < -0.39 is 0 Å². The van der Waals surface area contributed by atoms with E-state index in [0.29, 0.717) is 0 Å². The number of nitrogens with one attached hydrogen (secondary N) is 1. The van der Waals surface area contributed by atoms with Gasteiger partial charge in [-0.3, -0.25) is 0 Å². The van der Waals surface area contributed by atoms with Crippen LogP contribution in [0, 0.1) is 11.8 Å². The van der Waals surface area contributed by atoms with E-state index in [4.69, 9.17) is 4.98 Å². The molecule has 0 saturated carbocycles. The molecular formula is C14H24N2S. The van der Waals surface area contributed by atoms with Crippen molar-refractivity contribution in [3.05, 3.63) is 15.6 Å². The van der Waals surface area contributed by atoms with Gasteiger partial charge in [-0.1, -0.05) is 20.8 Å². The minimum Gasteiger partial charge on any atom is -0.310 e. The van der Waals surface area contributed by atoms with Crippen LogP contribution in [0.2, 0.25) is 0 Å². The molecule has 1 atom stereocenters. The summed E-state index contributed by atoms with van der Waals surface area (Å²) in [5, 5.41) is 4.73. The van der Waals surface area contributed by atoms with Gasteiger partial charge < -0.3 is 5.32 Å². The van der Waals surface area contributed by atoms with Crippen LogP contribution in [0.1, 0.15) is 49.2 Å². The number of aryl methyl sites for hydroxylation is 1. The van der Waals surface area contributed by atoms with Crippen molar-refractivity contribution in [3.63, 3.8) is 0 Å². The van der Waals surface area contributed by atoms with Gasteiger partial charge in [-0.25, -0.2) is 4.98 Å². The number of hydrogen-bond donors (Lipinski definition) is 1. The van der Waals surface area contributed by atoms with Crippen LogP contribution in [-0.4, -0.2) is 11.5 Å². The maximum atomic E-state index is 4.77. The number of hydrogen-bond acceptors (Lipinski definition) is 3. The third-order valence-corrected chi connectivity index (χ3v) is 4.79. The highest BCUT2D eigenvalue weighted by Gasteiger charge is 2.24. The molecule has 96 valence electrons. The van der Waals surface area contributed by atoms with Gasteiger partial charge in [0.25, 0.3) is 0 Å². The first kappa shape index (κ1) is 13.0. The van der Waals surface area contributed by atoms with Crippen LogP contribution in [0.15, 0.2) is 0 Å². The highest BCUT2D eigenvalue weighted by Crippen LogP contribution is 2.33. The zero-order valence-corrected chi connectivity index (χ0v) is 12.1. The molecule has 3 heteroatoms. The summed E-state index contributed by atoms with van der Waals surface area (Å²) >= 11 is 1.93. The van der Waals surface area contributed by atoms with E-state index in [1.54, 1.807) is 4.88 Å². The molecule has 0 radical (unpaired) electrons. The smallest absolute Gasteiger partial charge is 0.107 e. The first-order valence-corrected chi connectivity index (χ1v) is 7.70. The van der Waals surface area contributed by atoms with E-state index in [1.165, 1.54) is 36.4 Å². The van der Waals surface area contributed by atoms with E-state index in [2.05, 4.69) is 26.1 Å². The second kappa shape index (κ2) is 5.96. The van der Waals surface area contributed by atoms with Gasteiger partial charge >= 0.3 is 0 Å². The Morgan fingerprint density at radius 2 is 2.29 bits per heavy atom. The lowest BCUT2D eigenvalue weighted by atomic mass is 9.83. The molecule has 1 N–H and O–H groups in total. The Bertz CT molecular complexity index is 357. The topological polar surface area (TPSA) is 24.9 Å². The molecule has 0 aliphatic heterocycles. The maximum Gasteiger partial charge on any atom is 0.107 e. The van der Waals surface area contributed by atoms with Crippen molar-refractivity contribution in [2.75, 3.05) is 6.54 Å². The zero-order valence-electron chi connectivity index (χ0n) is 11.3. The second-order valence-electron chi connectivity index (χ2n) is 5.40. The molecule has 1 aliphatic carbocycles. The van der Waals surface area contributed by atoms with Crippen LogP contribution in [0.3, 0.4) is 0 Å². The highest BCUT2D eigenvalue weighted by atomic mass is 32.1. The first-order chi connectivity index (χ1) is 8.20. The number of nitrogens with zero attached hydrogens (tertiary/aromatic N) is 1. The van der Waals surface area contributed by atoms with Crippen molar-refractivity contribution in [1.82, 2.24) is 10.3 Å². The minimum atomic E-state index is 0.812. The first-order valence-electron chi connectivity index (χ1n) is 6.88. The molecule has 0 fully saturated rings. The molecule has 1 aliphatic rings. The Morgan fingerprint density at radius 3 is 3.00 bits per heavy atom. The Hall–Kier alpha value is -0.410. The van der Waals surface area contributed by atoms with E-state index >= 15 is 0 Å². The Labute approximate surface area is 109 Å². The number of aromatic nitrogens is 1.